The summed E-state index contributed by atoms with van der Waals surface area (Å²) in [6.07, 6.45) is -0.986. The number of fused-ring (bicyclic) bond motifs is 1. The number of para-hydroxylation sites is 2. The van der Waals surface area contributed by atoms with Gasteiger partial charge >= 0.3 is 5.97 Å². The number of anilines is 1. The van der Waals surface area contributed by atoms with Crippen LogP contribution in [0.3, 0.4) is 0 Å². The van der Waals surface area contributed by atoms with Gasteiger partial charge in [0.1, 0.15) is 6.61 Å². The lowest BCUT2D eigenvalue weighted by molar-refractivity contribution is -0.156. The molecule has 10 heteroatoms. The highest BCUT2D eigenvalue weighted by molar-refractivity contribution is 6.50. The van der Waals surface area contributed by atoms with Crippen molar-refractivity contribution >= 4 is 64.0 Å². The van der Waals surface area contributed by atoms with E-state index < -0.39 is 24.6 Å². The minimum atomic E-state index is -0.986. The van der Waals surface area contributed by atoms with Gasteiger partial charge in [-0.3, -0.25) is 4.79 Å². The largest absolute Gasteiger partial charge is 0.485 e. The fraction of sp³-hybridized carbons (Fsp3) is 0.176. The van der Waals surface area contributed by atoms with Gasteiger partial charge in [-0.15, -0.1) is 0 Å². The Morgan fingerprint density at radius 3 is 2.37 bits per heavy atom. The standard InChI is InChI=1S/C17H11Cl4NO5/c18-8-5-9(19)15(21)16(14(8)20)22-13(23)7-26-17(24)12-6-25-10-3-1-2-4-11(10)27-12/h1-5,12H,6-7H2,(H,22,23). The molecule has 0 aliphatic carbocycles. The zero-order chi connectivity index (χ0) is 19.6. The summed E-state index contributed by atoms with van der Waals surface area (Å²) in [6.45, 7) is -0.615. The fourth-order valence-corrected chi connectivity index (χ4v) is 3.13. The molecule has 1 aliphatic rings. The van der Waals surface area contributed by atoms with Crippen LogP contribution >= 0.6 is 46.4 Å². The molecule has 0 bridgehead atoms. The molecule has 1 amide bonds. The van der Waals surface area contributed by atoms with Gasteiger partial charge in [-0.25, -0.2) is 4.79 Å². The van der Waals surface area contributed by atoms with E-state index in [2.05, 4.69) is 5.32 Å². The lowest BCUT2D eigenvalue weighted by Crippen LogP contribution is -2.39. The average molecular weight is 451 g/mol. The number of amides is 1. The second kappa shape index (κ2) is 8.44. The van der Waals surface area contributed by atoms with Crippen LogP contribution in [0.4, 0.5) is 5.69 Å². The van der Waals surface area contributed by atoms with Gasteiger partial charge in [-0.05, 0) is 18.2 Å². The van der Waals surface area contributed by atoms with Crippen molar-refractivity contribution in [2.45, 2.75) is 6.10 Å². The van der Waals surface area contributed by atoms with E-state index in [1.54, 1.807) is 24.3 Å². The number of benzene rings is 2. The molecule has 1 N–H and O–H groups in total. The monoisotopic (exact) mass is 449 g/mol. The predicted molar refractivity (Wildman–Crippen MR) is 102 cm³/mol. The highest BCUT2D eigenvalue weighted by Crippen LogP contribution is 2.41. The first-order valence-electron chi connectivity index (χ1n) is 7.54. The maximum absolute atomic E-state index is 12.1. The Balaban J connectivity index is 1.58. The Morgan fingerprint density at radius 2 is 1.70 bits per heavy atom. The van der Waals surface area contributed by atoms with E-state index in [0.29, 0.717) is 11.5 Å². The number of carbonyl (C=O) groups is 2. The van der Waals surface area contributed by atoms with Crippen LogP contribution in [0.15, 0.2) is 30.3 Å². The molecule has 0 radical (unpaired) electrons. The van der Waals surface area contributed by atoms with Gasteiger partial charge in [-0.1, -0.05) is 58.5 Å². The second-order valence-electron chi connectivity index (χ2n) is 5.36. The lowest BCUT2D eigenvalue weighted by atomic mass is 10.2. The van der Waals surface area contributed by atoms with Gasteiger partial charge in [0.15, 0.2) is 18.1 Å². The number of carbonyl (C=O) groups excluding carboxylic acids is 2. The van der Waals surface area contributed by atoms with Crippen LogP contribution in [-0.4, -0.2) is 31.2 Å². The number of halogens is 4. The summed E-state index contributed by atoms with van der Waals surface area (Å²) in [5.41, 5.74) is 0.0306. The van der Waals surface area contributed by atoms with Crippen LogP contribution in [0.1, 0.15) is 0 Å². The number of esters is 1. The first-order valence-corrected chi connectivity index (χ1v) is 9.06. The third-order valence-corrected chi connectivity index (χ3v) is 5.07. The third kappa shape index (κ3) is 4.52. The molecule has 0 saturated carbocycles. The topological polar surface area (TPSA) is 73.9 Å². The highest BCUT2D eigenvalue weighted by Gasteiger charge is 2.29. The number of ether oxygens (including phenoxy) is 3. The average Bonchev–Trinajstić information content (AvgIpc) is 2.67. The molecule has 0 fully saturated rings. The Morgan fingerprint density at radius 1 is 1.07 bits per heavy atom. The summed E-state index contributed by atoms with van der Waals surface area (Å²) in [5.74, 6) is -0.479. The van der Waals surface area contributed by atoms with E-state index in [-0.39, 0.29) is 32.4 Å². The molecule has 27 heavy (non-hydrogen) atoms. The second-order valence-corrected chi connectivity index (χ2v) is 6.93. The van der Waals surface area contributed by atoms with Crippen LogP contribution in [-0.2, 0) is 14.3 Å². The van der Waals surface area contributed by atoms with Crippen molar-refractivity contribution in [1.29, 1.82) is 0 Å². The Kier molecular flexibility index (Phi) is 6.22. The molecule has 6 nitrogen and oxygen atoms in total. The number of nitrogens with one attached hydrogen (secondary N) is 1. The fourth-order valence-electron chi connectivity index (χ4n) is 2.22. The van der Waals surface area contributed by atoms with Gasteiger partial charge < -0.3 is 19.5 Å². The first-order chi connectivity index (χ1) is 12.9. The van der Waals surface area contributed by atoms with Crippen LogP contribution < -0.4 is 14.8 Å². The van der Waals surface area contributed by atoms with E-state index in [9.17, 15) is 9.59 Å². The Labute approximate surface area is 174 Å². The van der Waals surface area contributed by atoms with Gasteiger partial charge in [-0.2, -0.15) is 0 Å². The van der Waals surface area contributed by atoms with Crippen molar-refractivity contribution in [3.8, 4) is 11.5 Å². The van der Waals surface area contributed by atoms with Gasteiger partial charge in [0.25, 0.3) is 5.91 Å². The van der Waals surface area contributed by atoms with E-state index in [1.165, 1.54) is 6.07 Å². The maximum atomic E-state index is 12.1. The quantitative estimate of drug-likeness (QED) is 0.543. The van der Waals surface area contributed by atoms with Gasteiger partial charge in [0, 0.05) is 0 Å². The Bertz CT molecular complexity index is 879. The SMILES string of the molecule is O=C(COC(=O)C1COc2ccccc2O1)Nc1c(Cl)c(Cl)cc(Cl)c1Cl. The highest BCUT2D eigenvalue weighted by atomic mass is 35.5. The van der Waals surface area contributed by atoms with E-state index in [1.807, 2.05) is 0 Å². The molecule has 1 aliphatic heterocycles. The zero-order valence-electron chi connectivity index (χ0n) is 13.4. The van der Waals surface area contributed by atoms with E-state index in [4.69, 9.17) is 60.6 Å². The van der Waals surface area contributed by atoms with Crippen LogP contribution in [0.5, 0.6) is 11.5 Å². The van der Waals surface area contributed by atoms with Gasteiger partial charge in [0.2, 0.25) is 6.10 Å². The molecule has 3 rings (SSSR count). The summed E-state index contributed by atoms with van der Waals surface area (Å²) in [4.78, 5) is 24.2. The van der Waals surface area contributed by atoms with E-state index in [0.717, 1.165) is 0 Å². The molecular formula is C17H11Cl4NO5. The summed E-state index contributed by atoms with van der Waals surface area (Å²) >= 11 is 23.8. The minimum Gasteiger partial charge on any atom is -0.485 e. The van der Waals surface area contributed by atoms with Crippen molar-refractivity contribution in [3.63, 3.8) is 0 Å². The van der Waals surface area contributed by atoms with E-state index >= 15 is 0 Å². The van der Waals surface area contributed by atoms with Crippen LogP contribution in [0.2, 0.25) is 20.1 Å². The summed E-state index contributed by atoms with van der Waals surface area (Å²) in [7, 11) is 0. The molecule has 1 heterocycles. The maximum Gasteiger partial charge on any atom is 0.351 e. The number of rotatable bonds is 4. The van der Waals surface area contributed by atoms with Crippen molar-refractivity contribution in [3.05, 3.63) is 50.4 Å². The third-order valence-electron chi connectivity index (χ3n) is 3.49. The summed E-state index contributed by atoms with van der Waals surface area (Å²) in [5, 5.41) is 2.68. The molecule has 1 atom stereocenters. The van der Waals surface area contributed by atoms with Crippen molar-refractivity contribution in [2.24, 2.45) is 0 Å². The van der Waals surface area contributed by atoms with Crippen molar-refractivity contribution in [2.75, 3.05) is 18.5 Å². The number of hydrogen-bond acceptors (Lipinski definition) is 5. The summed E-state index contributed by atoms with van der Waals surface area (Å²) < 4.78 is 15.9. The van der Waals surface area contributed by atoms with Crippen LogP contribution in [0, 0.1) is 0 Å². The lowest BCUT2D eigenvalue weighted by Gasteiger charge is -2.24. The Hall–Kier alpha value is -1.86. The van der Waals surface area contributed by atoms with Gasteiger partial charge in [0.05, 0.1) is 25.8 Å². The molecule has 0 aromatic heterocycles. The normalized spacial score (nSPS) is 15.2. The zero-order valence-corrected chi connectivity index (χ0v) is 16.5. The molecule has 2 aromatic carbocycles. The molecule has 1 unspecified atom stereocenters. The smallest absolute Gasteiger partial charge is 0.351 e. The minimum absolute atomic E-state index is 0.0198. The molecular weight excluding hydrogens is 440 g/mol. The molecule has 142 valence electrons. The predicted octanol–water partition coefficient (Wildman–Crippen LogP) is 4.62. The van der Waals surface area contributed by atoms with Crippen LogP contribution in [0.25, 0.3) is 0 Å². The van der Waals surface area contributed by atoms with Crippen molar-refractivity contribution < 1.29 is 23.8 Å². The number of hydrogen-bond donors (Lipinski definition) is 1. The molecule has 0 spiro atoms. The molecule has 0 saturated heterocycles. The first kappa shape index (κ1) is 19.9. The molecule has 2 aromatic rings. The summed E-state index contributed by atoms with van der Waals surface area (Å²) in [6, 6.07) is 8.25. The van der Waals surface area contributed by atoms with Crippen molar-refractivity contribution in [1.82, 2.24) is 0 Å².